The first-order valence-corrected chi connectivity index (χ1v) is 7.14. The van der Waals surface area contributed by atoms with Crippen molar-refractivity contribution in [1.29, 1.82) is 0 Å². The SMILES string of the molecule is CCOC(=O)[C@@H](Cc1ccccc1)c1ccnc2ncnn12. The molecule has 0 radical (unpaired) electrons. The standard InChI is InChI=1S/C16H16N4O2/c1-2-22-15(21)13(10-12-6-4-3-5-7-12)14-8-9-17-16-18-11-19-20(14)16/h3-9,11,13H,2,10H2,1H3/t13-/m0/s1. The van der Waals surface area contributed by atoms with Crippen LogP contribution in [0.3, 0.4) is 0 Å². The van der Waals surface area contributed by atoms with E-state index in [4.69, 9.17) is 4.74 Å². The lowest BCUT2D eigenvalue weighted by Gasteiger charge is -2.16. The molecule has 2 heterocycles. The highest BCUT2D eigenvalue weighted by atomic mass is 16.5. The molecule has 0 N–H and O–H groups in total. The van der Waals surface area contributed by atoms with Gasteiger partial charge in [-0.3, -0.25) is 4.79 Å². The minimum absolute atomic E-state index is 0.269. The van der Waals surface area contributed by atoms with Gasteiger partial charge in [-0.2, -0.15) is 10.1 Å². The quantitative estimate of drug-likeness (QED) is 0.674. The number of nitrogens with zero attached hydrogens (tertiary/aromatic N) is 4. The van der Waals surface area contributed by atoms with Crippen LogP contribution in [-0.4, -0.2) is 32.2 Å². The molecule has 3 aromatic rings. The third-order valence-corrected chi connectivity index (χ3v) is 3.42. The lowest BCUT2D eigenvalue weighted by molar-refractivity contribution is -0.145. The molecule has 1 atom stereocenters. The fraction of sp³-hybridized carbons (Fsp3) is 0.250. The third kappa shape index (κ3) is 2.81. The van der Waals surface area contributed by atoms with Gasteiger partial charge >= 0.3 is 5.97 Å². The van der Waals surface area contributed by atoms with Crippen LogP contribution in [0.15, 0.2) is 48.9 Å². The first-order chi connectivity index (χ1) is 10.8. The number of hydrogen-bond donors (Lipinski definition) is 0. The smallest absolute Gasteiger partial charge is 0.315 e. The Morgan fingerprint density at radius 2 is 2.05 bits per heavy atom. The maximum absolute atomic E-state index is 12.4. The maximum atomic E-state index is 12.4. The van der Waals surface area contributed by atoms with Gasteiger partial charge in [-0.05, 0) is 25.0 Å². The van der Waals surface area contributed by atoms with Crippen molar-refractivity contribution in [2.75, 3.05) is 6.61 Å². The second-order valence-electron chi connectivity index (χ2n) is 4.84. The van der Waals surface area contributed by atoms with Gasteiger partial charge in [-0.15, -0.1) is 0 Å². The molecule has 0 saturated heterocycles. The summed E-state index contributed by atoms with van der Waals surface area (Å²) in [6.45, 7) is 2.14. The highest BCUT2D eigenvalue weighted by Gasteiger charge is 2.25. The molecule has 1 aromatic carbocycles. The molecule has 0 saturated carbocycles. The summed E-state index contributed by atoms with van der Waals surface area (Å²) in [5.74, 6) is -0.247. The molecule has 0 unspecified atom stereocenters. The van der Waals surface area contributed by atoms with Gasteiger partial charge in [0.1, 0.15) is 12.2 Å². The van der Waals surface area contributed by atoms with Crippen molar-refractivity contribution >= 4 is 11.7 Å². The molecule has 0 fully saturated rings. The van der Waals surface area contributed by atoms with E-state index in [0.717, 1.165) is 11.3 Å². The third-order valence-electron chi connectivity index (χ3n) is 3.42. The van der Waals surface area contributed by atoms with E-state index in [1.165, 1.54) is 6.33 Å². The van der Waals surface area contributed by atoms with E-state index in [2.05, 4.69) is 15.1 Å². The van der Waals surface area contributed by atoms with Crippen LogP contribution >= 0.6 is 0 Å². The van der Waals surface area contributed by atoms with Crippen LogP contribution in [0.1, 0.15) is 24.1 Å². The van der Waals surface area contributed by atoms with E-state index in [0.29, 0.717) is 18.8 Å². The van der Waals surface area contributed by atoms with E-state index in [1.807, 2.05) is 30.3 Å². The van der Waals surface area contributed by atoms with Gasteiger partial charge in [0.25, 0.3) is 5.78 Å². The van der Waals surface area contributed by atoms with Gasteiger partial charge in [-0.25, -0.2) is 9.50 Å². The van der Waals surface area contributed by atoms with Crippen molar-refractivity contribution in [1.82, 2.24) is 19.6 Å². The summed E-state index contributed by atoms with van der Waals surface area (Å²) in [6.07, 6.45) is 3.60. The number of benzene rings is 1. The molecule has 0 aliphatic rings. The summed E-state index contributed by atoms with van der Waals surface area (Å²) < 4.78 is 6.82. The first-order valence-electron chi connectivity index (χ1n) is 7.14. The second-order valence-corrected chi connectivity index (χ2v) is 4.84. The van der Waals surface area contributed by atoms with Crippen molar-refractivity contribution in [3.05, 3.63) is 60.2 Å². The van der Waals surface area contributed by atoms with Crippen LogP contribution < -0.4 is 0 Å². The summed E-state index contributed by atoms with van der Waals surface area (Å²) >= 11 is 0. The zero-order valence-corrected chi connectivity index (χ0v) is 12.2. The van der Waals surface area contributed by atoms with Gasteiger partial charge in [0.15, 0.2) is 0 Å². The Balaban J connectivity index is 2.01. The van der Waals surface area contributed by atoms with Crippen molar-refractivity contribution in [3.63, 3.8) is 0 Å². The monoisotopic (exact) mass is 296 g/mol. The van der Waals surface area contributed by atoms with Gasteiger partial charge in [0, 0.05) is 6.20 Å². The summed E-state index contributed by atoms with van der Waals surface area (Å²) in [5.41, 5.74) is 1.79. The number of hydrogen-bond acceptors (Lipinski definition) is 5. The van der Waals surface area contributed by atoms with Gasteiger partial charge in [0.2, 0.25) is 0 Å². The van der Waals surface area contributed by atoms with Crippen LogP contribution in [0.5, 0.6) is 0 Å². The minimum Gasteiger partial charge on any atom is -0.465 e. The maximum Gasteiger partial charge on any atom is 0.315 e. The summed E-state index contributed by atoms with van der Waals surface area (Å²) in [6, 6.07) is 11.6. The Hall–Kier alpha value is -2.76. The lowest BCUT2D eigenvalue weighted by Crippen LogP contribution is -2.21. The molecular weight excluding hydrogens is 280 g/mol. The topological polar surface area (TPSA) is 69.4 Å². The highest BCUT2D eigenvalue weighted by molar-refractivity contribution is 5.78. The zero-order chi connectivity index (χ0) is 15.4. The largest absolute Gasteiger partial charge is 0.465 e. The predicted octanol–water partition coefficient (Wildman–Crippen LogP) is 2.01. The van der Waals surface area contributed by atoms with Crippen molar-refractivity contribution in [2.24, 2.45) is 0 Å². The van der Waals surface area contributed by atoms with E-state index < -0.39 is 5.92 Å². The average Bonchev–Trinajstić information content (AvgIpc) is 3.02. The van der Waals surface area contributed by atoms with E-state index in [1.54, 1.807) is 23.7 Å². The van der Waals surface area contributed by atoms with Crippen LogP contribution in [0, 0.1) is 0 Å². The Morgan fingerprint density at radius 3 is 2.82 bits per heavy atom. The molecule has 3 rings (SSSR count). The summed E-state index contributed by atoms with van der Waals surface area (Å²) in [5, 5.41) is 4.16. The van der Waals surface area contributed by atoms with Crippen molar-refractivity contribution in [2.45, 2.75) is 19.3 Å². The van der Waals surface area contributed by atoms with Crippen LogP contribution in [-0.2, 0) is 16.0 Å². The lowest BCUT2D eigenvalue weighted by atomic mass is 9.96. The number of carbonyl (C=O) groups excluding carboxylic acids is 1. The number of esters is 1. The Morgan fingerprint density at radius 1 is 1.23 bits per heavy atom. The van der Waals surface area contributed by atoms with E-state index in [9.17, 15) is 4.79 Å². The number of carbonyl (C=O) groups is 1. The van der Waals surface area contributed by atoms with Gasteiger partial charge in [-0.1, -0.05) is 30.3 Å². The van der Waals surface area contributed by atoms with Crippen LogP contribution in [0.25, 0.3) is 5.78 Å². The fourth-order valence-corrected chi connectivity index (χ4v) is 2.42. The predicted molar refractivity (Wildman–Crippen MR) is 80.3 cm³/mol. The molecule has 112 valence electrons. The summed E-state index contributed by atoms with van der Waals surface area (Å²) in [4.78, 5) is 20.6. The first kappa shape index (κ1) is 14.2. The molecular formula is C16H16N4O2. The molecule has 0 bridgehead atoms. The number of aromatic nitrogens is 4. The molecule has 0 aliphatic carbocycles. The Labute approximate surface area is 127 Å². The van der Waals surface area contributed by atoms with E-state index in [-0.39, 0.29) is 5.97 Å². The zero-order valence-electron chi connectivity index (χ0n) is 12.2. The summed E-state index contributed by atoms with van der Waals surface area (Å²) in [7, 11) is 0. The Kier molecular flexibility index (Phi) is 4.09. The van der Waals surface area contributed by atoms with Gasteiger partial charge in [0.05, 0.1) is 12.3 Å². The normalized spacial score (nSPS) is 12.2. The van der Waals surface area contributed by atoms with Crippen LogP contribution in [0.4, 0.5) is 0 Å². The molecule has 0 amide bonds. The molecule has 6 heteroatoms. The molecule has 6 nitrogen and oxygen atoms in total. The van der Waals surface area contributed by atoms with Crippen molar-refractivity contribution in [3.8, 4) is 0 Å². The molecule has 0 spiro atoms. The molecule has 2 aromatic heterocycles. The Bertz CT molecular complexity index is 770. The number of ether oxygens (including phenoxy) is 1. The fourth-order valence-electron chi connectivity index (χ4n) is 2.42. The van der Waals surface area contributed by atoms with Gasteiger partial charge < -0.3 is 4.74 Å². The average molecular weight is 296 g/mol. The van der Waals surface area contributed by atoms with E-state index >= 15 is 0 Å². The molecule has 22 heavy (non-hydrogen) atoms. The minimum atomic E-state index is -0.449. The number of fused-ring (bicyclic) bond motifs is 1. The molecule has 0 aliphatic heterocycles. The second kappa shape index (κ2) is 6.34. The number of rotatable bonds is 5. The van der Waals surface area contributed by atoms with Crippen LogP contribution in [0.2, 0.25) is 0 Å². The van der Waals surface area contributed by atoms with Crippen molar-refractivity contribution < 1.29 is 9.53 Å². The highest BCUT2D eigenvalue weighted by Crippen LogP contribution is 2.22.